The number of benzene rings is 2. The normalized spacial score (nSPS) is 21.3. The molecule has 158 valence electrons. The van der Waals surface area contributed by atoms with Crippen LogP contribution in [0.4, 0.5) is 0 Å². The van der Waals surface area contributed by atoms with Gasteiger partial charge in [-0.1, -0.05) is 85.0 Å². The summed E-state index contributed by atoms with van der Waals surface area (Å²) in [5.41, 5.74) is 5.61. The Morgan fingerprint density at radius 3 is 2.19 bits per heavy atom. The molecule has 31 heavy (non-hydrogen) atoms. The Hall–Kier alpha value is -2.75. The van der Waals surface area contributed by atoms with E-state index in [0.29, 0.717) is 6.04 Å². The zero-order valence-electron chi connectivity index (χ0n) is 18.1. The topological polar surface area (TPSA) is 18.8 Å². The third-order valence-electron chi connectivity index (χ3n) is 6.68. The number of nitrogens with zero attached hydrogens (tertiary/aromatic N) is 3. The summed E-state index contributed by atoms with van der Waals surface area (Å²) in [5, 5.41) is 0. The fourth-order valence-corrected chi connectivity index (χ4v) is 5.03. The first-order valence-electron chi connectivity index (χ1n) is 11.6. The van der Waals surface area contributed by atoms with Gasteiger partial charge in [0.2, 0.25) is 0 Å². The van der Waals surface area contributed by atoms with E-state index in [4.69, 9.17) is 0 Å². The van der Waals surface area contributed by atoms with Crippen LogP contribution in [0.2, 0.25) is 0 Å². The summed E-state index contributed by atoms with van der Waals surface area (Å²) >= 11 is 0. The van der Waals surface area contributed by atoms with Crippen molar-refractivity contribution < 1.29 is 0 Å². The van der Waals surface area contributed by atoms with Crippen LogP contribution in [0.1, 0.15) is 30.0 Å². The fraction of sp³-hybridized carbons (Fsp3) is 0.321. The first kappa shape index (κ1) is 20.2. The minimum absolute atomic E-state index is 0.274. The fourth-order valence-electron chi connectivity index (χ4n) is 5.03. The van der Waals surface area contributed by atoms with Crippen molar-refractivity contribution in [1.82, 2.24) is 9.80 Å². The van der Waals surface area contributed by atoms with Crippen LogP contribution in [0.15, 0.2) is 101 Å². The largest absolute Gasteiger partial charge is 0.301 e. The Bertz CT molecular complexity index is 940. The molecule has 1 unspecified atom stereocenters. The lowest BCUT2D eigenvalue weighted by Gasteiger charge is -2.40. The van der Waals surface area contributed by atoms with Gasteiger partial charge in [0.1, 0.15) is 0 Å². The molecule has 2 aliphatic heterocycles. The van der Waals surface area contributed by atoms with Crippen LogP contribution in [0.3, 0.4) is 0 Å². The molecule has 3 heteroatoms. The molecule has 1 aliphatic carbocycles. The van der Waals surface area contributed by atoms with E-state index >= 15 is 0 Å². The molecule has 3 nitrogen and oxygen atoms in total. The SMILES string of the molecule is C1=CC2=C(CCCN3CCN(C(c4ccccc4)c4ccccc4)CC3)C=NC2C=C1. The number of hydrogen-bond donors (Lipinski definition) is 0. The Morgan fingerprint density at radius 1 is 0.839 bits per heavy atom. The van der Waals surface area contributed by atoms with Crippen molar-refractivity contribution in [2.24, 2.45) is 4.99 Å². The van der Waals surface area contributed by atoms with Gasteiger partial charge in [0, 0.05) is 32.4 Å². The second-order valence-corrected chi connectivity index (χ2v) is 8.65. The van der Waals surface area contributed by atoms with Crippen LogP contribution in [0, 0.1) is 0 Å². The highest BCUT2D eigenvalue weighted by Gasteiger charge is 2.26. The van der Waals surface area contributed by atoms with Crippen molar-refractivity contribution in [3.05, 3.63) is 107 Å². The van der Waals surface area contributed by atoms with E-state index in [0.717, 1.165) is 32.6 Å². The van der Waals surface area contributed by atoms with Crippen molar-refractivity contribution >= 4 is 6.21 Å². The third kappa shape index (κ3) is 4.63. The molecule has 1 saturated heterocycles. The Kier molecular flexibility index (Phi) is 6.24. The molecular weight excluding hydrogens is 378 g/mol. The molecule has 1 atom stereocenters. The van der Waals surface area contributed by atoms with Gasteiger partial charge in [-0.3, -0.25) is 9.89 Å². The maximum absolute atomic E-state index is 4.63. The van der Waals surface area contributed by atoms with E-state index in [1.54, 1.807) is 0 Å². The summed E-state index contributed by atoms with van der Waals surface area (Å²) in [6, 6.07) is 22.5. The smallest absolute Gasteiger partial charge is 0.0936 e. The Balaban J connectivity index is 1.17. The number of hydrogen-bond acceptors (Lipinski definition) is 3. The van der Waals surface area contributed by atoms with Gasteiger partial charge in [-0.2, -0.15) is 0 Å². The number of piperazine rings is 1. The molecule has 5 rings (SSSR count). The highest BCUT2D eigenvalue weighted by Crippen LogP contribution is 2.30. The van der Waals surface area contributed by atoms with Crippen molar-refractivity contribution in [3.8, 4) is 0 Å². The molecule has 0 spiro atoms. The first-order valence-corrected chi connectivity index (χ1v) is 11.6. The lowest BCUT2D eigenvalue weighted by Crippen LogP contribution is -2.48. The van der Waals surface area contributed by atoms with Crippen LogP contribution in [0.5, 0.6) is 0 Å². The lowest BCUT2D eigenvalue weighted by atomic mass is 9.96. The maximum Gasteiger partial charge on any atom is 0.0936 e. The van der Waals surface area contributed by atoms with Gasteiger partial charge in [-0.25, -0.2) is 0 Å². The zero-order chi connectivity index (χ0) is 20.9. The van der Waals surface area contributed by atoms with Crippen molar-refractivity contribution in [2.45, 2.75) is 24.9 Å². The molecule has 0 N–H and O–H groups in total. The van der Waals surface area contributed by atoms with E-state index in [2.05, 4.69) is 106 Å². The molecule has 3 aliphatic rings. The molecule has 0 saturated carbocycles. The van der Waals surface area contributed by atoms with Gasteiger partial charge in [-0.15, -0.1) is 0 Å². The first-order chi connectivity index (χ1) is 15.4. The summed E-state index contributed by atoms with van der Waals surface area (Å²) in [7, 11) is 0. The summed E-state index contributed by atoms with van der Waals surface area (Å²) in [5.74, 6) is 0. The van der Waals surface area contributed by atoms with Crippen LogP contribution in [-0.2, 0) is 0 Å². The van der Waals surface area contributed by atoms with Gasteiger partial charge >= 0.3 is 0 Å². The zero-order valence-corrected chi connectivity index (χ0v) is 18.1. The second kappa shape index (κ2) is 9.59. The second-order valence-electron chi connectivity index (χ2n) is 8.65. The van der Waals surface area contributed by atoms with Crippen LogP contribution in [-0.4, -0.2) is 54.8 Å². The van der Waals surface area contributed by atoms with E-state index in [1.165, 1.54) is 35.2 Å². The summed E-state index contributed by atoms with van der Waals surface area (Å²) in [6.45, 7) is 5.67. The number of allylic oxidation sites excluding steroid dienone is 3. The van der Waals surface area contributed by atoms with Crippen molar-refractivity contribution in [1.29, 1.82) is 0 Å². The van der Waals surface area contributed by atoms with E-state index < -0.39 is 0 Å². The van der Waals surface area contributed by atoms with Crippen molar-refractivity contribution in [3.63, 3.8) is 0 Å². The molecule has 0 amide bonds. The molecule has 0 aromatic heterocycles. The molecule has 2 aromatic carbocycles. The molecule has 2 aromatic rings. The van der Waals surface area contributed by atoms with E-state index in [-0.39, 0.29) is 6.04 Å². The molecule has 0 bridgehead atoms. The minimum atomic E-state index is 0.274. The van der Waals surface area contributed by atoms with Crippen LogP contribution in [0.25, 0.3) is 0 Å². The number of rotatable bonds is 7. The number of fused-ring (bicyclic) bond motifs is 1. The molecular formula is C28H31N3. The van der Waals surface area contributed by atoms with Crippen LogP contribution >= 0.6 is 0 Å². The van der Waals surface area contributed by atoms with Gasteiger partial charge in [0.05, 0.1) is 12.1 Å². The van der Waals surface area contributed by atoms with Crippen molar-refractivity contribution in [2.75, 3.05) is 32.7 Å². The maximum atomic E-state index is 4.63. The highest BCUT2D eigenvalue weighted by molar-refractivity contribution is 5.85. The predicted molar refractivity (Wildman–Crippen MR) is 130 cm³/mol. The summed E-state index contributed by atoms with van der Waals surface area (Å²) in [4.78, 5) is 9.92. The number of aliphatic imine (C=N–C) groups is 1. The summed E-state index contributed by atoms with van der Waals surface area (Å²) < 4.78 is 0. The van der Waals surface area contributed by atoms with E-state index in [1.807, 2.05) is 0 Å². The molecule has 1 fully saturated rings. The van der Waals surface area contributed by atoms with Gasteiger partial charge < -0.3 is 4.90 Å². The Morgan fingerprint density at radius 2 is 1.52 bits per heavy atom. The van der Waals surface area contributed by atoms with Gasteiger partial charge in [-0.05, 0) is 41.7 Å². The average Bonchev–Trinajstić information content (AvgIpc) is 3.25. The average molecular weight is 410 g/mol. The monoisotopic (exact) mass is 409 g/mol. The highest BCUT2D eigenvalue weighted by atomic mass is 15.3. The van der Waals surface area contributed by atoms with E-state index in [9.17, 15) is 0 Å². The molecule has 2 heterocycles. The summed E-state index contributed by atoms with van der Waals surface area (Å²) in [6.07, 6.45) is 13.1. The molecule has 0 radical (unpaired) electrons. The lowest BCUT2D eigenvalue weighted by molar-refractivity contribution is 0.109. The third-order valence-corrected chi connectivity index (χ3v) is 6.68. The van der Waals surface area contributed by atoms with Crippen LogP contribution < -0.4 is 0 Å². The Labute approximate surface area is 186 Å². The van der Waals surface area contributed by atoms with Gasteiger partial charge in [0.15, 0.2) is 0 Å². The standard InChI is InChI=1S/C28H31N3/c1-3-10-23(11-4-1)28(24-12-5-2-6-13-24)31-20-18-30(19-21-31)17-9-14-25-22-29-27-16-8-7-15-26(25)27/h1-8,10-13,15-16,22,27-28H,9,14,17-21H2. The predicted octanol–water partition coefficient (Wildman–Crippen LogP) is 5.05. The van der Waals surface area contributed by atoms with Gasteiger partial charge in [0.25, 0.3) is 0 Å². The minimum Gasteiger partial charge on any atom is -0.301 e. The quantitative estimate of drug-likeness (QED) is 0.637.